The minimum absolute atomic E-state index is 0.00881. The van der Waals surface area contributed by atoms with Crippen LogP contribution in [-0.2, 0) is 22.6 Å². The van der Waals surface area contributed by atoms with Crippen LogP contribution in [0.25, 0.3) is 0 Å². The molecule has 2 aromatic carbocycles. The Kier molecular flexibility index (Phi) is 9.38. The molecule has 32 heavy (non-hydrogen) atoms. The summed E-state index contributed by atoms with van der Waals surface area (Å²) in [6.45, 7) is 5.87. The molecule has 1 atom stereocenters. The van der Waals surface area contributed by atoms with E-state index < -0.39 is 6.04 Å². The van der Waals surface area contributed by atoms with E-state index in [0.717, 1.165) is 11.1 Å². The molecule has 1 unspecified atom stereocenters. The van der Waals surface area contributed by atoms with Crippen molar-refractivity contribution in [2.45, 2.75) is 52.2 Å². The molecule has 0 fully saturated rings. The third-order valence-corrected chi connectivity index (χ3v) is 5.16. The van der Waals surface area contributed by atoms with Gasteiger partial charge in [0.25, 0.3) is 0 Å². The second-order valence-corrected chi connectivity index (χ2v) is 7.90. The van der Waals surface area contributed by atoms with Crippen molar-refractivity contribution in [1.82, 2.24) is 10.2 Å². The van der Waals surface area contributed by atoms with Gasteiger partial charge in [-0.05, 0) is 62.6 Å². The van der Waals surface area contributed by atoms with Gasteiger partial charge >= 0.3 is 0 Å². The van der Waals surface area contributed by atoms with Gasteiger partial charge in [-0.15, -0.1) is 0 Å². The molecule has 0 aliphatic carbocycles. The first-order chi connectivity index (χ1) is 15.3. The minimum Gasteiger partial charge on any atom is -0.497 e. The van der Waals surface area contributed by atoms with Crippen LogP contribution in [0.15, 0.2) is 42.5 Å². The molecule has 0 aromatic heterocycles. The molecule has 2 aromatic rings. The van der Waals surface area contributed by atoms with E-state index >= 15 is 0 Å². The van der Waals surface area contributed by atoms with Crippen LogP contribution in [-0.4, -0.2) is 50.1 Å². The molecule has 0 radical (unpaired) electrons. The van der Waals surface area contributed by atoms with Crippen LogP contribution >= 0.6 is 0 Å². The zero-order valence-corrected chi connectivity index (χ0v) is 19.8. The van der Waals surface area contributed by atoms with Gasteiger partial charge in [0.1, 0.15) is 11.8 Å². The highest BCUT2D eigenvalue weighted by atomic mass is 16.5. The fourth-order valence-corrected chi connectivity index (χ4v) is 3.39. The van der Waals surface area contributed by atoms with Gasteiger partial charge in [0.2, 0.25) is 11.8 Å². The zero-order valence-electron chi connectivity index (χ0n) is 19.8. The number of carbonyl (C=O) groups is 2. The van der Waals surface area contributed by atoms with E-state index in [0.29, 0.717) is 30.2 Å². The molecule has 1 N–H and O–H groups in total. The van der Waals surface area contributed by atoms with Crippen molar-refractivity contribution >= 4 is 11.8 Å². The van der Waals surface area contributed by atoms with Gasteiger partial charge in [0.15, 0.2) is 11.5 Å². The molecule has 0 saturated carbocycles. The Morgan fingerprint density at radius 3 is 2.25 bits per heavy atom. The molecular weight excluding hydrogens is 408 g/mol. The van der Waals surface area contributed by atoms with E-state index in [1.807, 2.05) is 56.3 Å². The number of rotatable bonds is 11. The standard InChI is InChI=1S/C25H34N2O5/c1-17(2)26-25(29)18(3)27(16-20-8-7-9-21(14-20)30-4)24(28)13-11-19-10-12-22(31-5)23(15-19)32-6/h7-10,12,14-15,17-18H,11,13,16H2,1-6H3,(H,26,29). The number of ether oxygens (including phenoxy) is 3. The van der Waals surface area contributed by atoms with Crippen LogP contribution in [0.5, 0.6) is 17.2 Å². The Hall–Kier alpha value is -3.22. The smallest absolute Gasteiger partial charge is 0.242 e. The lowest BCUT2D eigenvalue weighted by Crippen LogP contribution is -2.49. The maximum Gasteiger partial charge on any atom is 0.242 e. The fourth-order valence-electron chi connectivity index (χ4n) is 3.39. The Balaban J connectivity index is 2.19. The third-order valence-electron chi connectivity index (χ3n) is 5.16. The van der Waals surface area contributed by atoms with Gasteiger partial charge in [-0.1, -0.05) is 18.2 Å². The first kappa shape index (κ1) is 25.0. The number of amides is 2. The lowest BCUT2D eigenvalue weighted by Gasteiger charge is -2.29. The van der Waals surface area contributed by atoms with Gasteiger partial charge in [-0.3, -0.25) is 9.59 Å². The van der Waals surface area contributed by atoms with Crippen LogP contribution in [0.4, 0.5) is 0 Å². The summed E-state index contributed by atoms with van der Waals surface area (Å²) in [5.74, 6) is 1.69. The molecule has 0 heterocycles. The average molecular weight is 443 g/mol. The summed E-state index contributed by atoms with van der Waals surface area (Å²) < 4.78 is 15.9. The zero-order chi connectivity index (χ0) is 23.7. The Labute approximate surface area is 190 Å². The maximum atomic E-state index is 13.2. The van der Waals surface area contributed by atoms with Crippen LogP contribution in [0.2, 0.25) is 0 Å². The Morgan fingerprint density at radius 1 is 0.906 bits per heavy atom. The molecule has 7 heteroatoms. The fraction of sp³-hybridized carbons (Fsp3) is 0.440. The highest BCUT2D eigenvalue weighted by Crippen LogP contribution is 2.28. The van der Waals surface area contributed by atoms with Crippen LogP contribution in [0, 0.1) is 0 Å². The average Bonchev–Trinajstić information content (AvgIpc) is 2.79. The number of benzene rings is 2. The molecule has 2 rings (SSSR count). The largest absolute Gasteiger partial charge is 0.497 e. The second kappa shape index (κ2) is 12.0. The van der Waals surface area contributed by atoms with Crippen molar-refractivity contribution in [2.75, 3.05) is 21.3 Å². The minimum atomic E-state index is -0.610. The molecule has 174 valence electrons. The molecule has 0 aliphatic rings. The number of aryl methyl sites for hydroxylation is 1. The first-order valence-corrected chi connectivity index (χ1v) is 10.7. The monoisotopic (exact) mass is 442 g/mol. The number of nitrogens with zero attached hydrogens (tertiary/aromatic N) is 1. The van der Waals surface area contributed by atoms with Crippen molar-refractivity contribution < 1.29 is 23.8 Å². The summed E-state index contributed by atoms with van der Waals surface area (Å²) >= 11 is 0. The molecule has 7 nitrogen and oxygen atoms in total. The van der Waals surface area contributed by atoms with Crippen molar-refractivity contribution in [3.05, 3.63) is 53.6 Å². The van der Waals surface area contributed by atoms with E-state index in [-0.39, 0.29) is 24.3 Å². The van der Waals surface area contributed by atoms with Gasteiger partial charge < -0.3 is 24.4 Å². The van der Waals surface area contributed by atoms with Gasteiger partial charge in [0.05, 0.1) is 21.3 Å². The van der Waals surface area contributed by atoms with Crippen molar-refractivity contribution in [2.24, 2.45) is 0 Å². The molecule has 0 spiro atoms. The number of hydrogen-bond acceptors (Lipinski definition) is 5. The predicted octanol–water partition coefficient (Wildman–Crippen LogP) is 3.59. The summed E-state index contributed by atoms with van der Waals surface area (Å²) in [6.07, 6.45) is 0.783. The van der Waals surface area contributed by atoms with Crippen LogP contribution in [0.3, 0.4) is 0 Å². The molecule has 0 bridgehead atoms. The van der Waals surface area contributed by atoms with E-state index in [2.05, 4.69) is 5.32 Å². The molecule has 2 amide bonds. The van der Waals surface area contributed by atoms with Crippen LogP contribution in [0.1, 0.15) is 38.3 Å². The Morgan fingerprint density at radius 2 is 1.62 bits per heavy atom. The number of hydrogen-bond donors (Lipinski definition) is 1. The van der Waals surface area contributed by atoms with E-state index in [1.54, 1.807) is 33.2 Å². The van der Waals surface area contributed by atoms with E-state index in [4.69, 9.17) is 14.2 Å². The summed E-state index contributed by atoms with van der Waals surface area (Å²) in [5, 5.41) is 2.90. The topological polar surface area (TPSA) is 77.1 Å². The predicted molar refractivity (Wildman–Crippen MR) is 124 cm³/mol. The molecular formula is C25H34N2O5. The summed E-state index contributed by atoms with van der Waals surface area (Å²) in [7, 11) is 4.77. The lowest BCUT2D eigenvalue weighted by atomic mass is 10.1. The highest BCUT2D eigenvalue weighted by Gasteiger charge is 2.26. The van der Waals surface area contributed by atoms with Crippen LogP contribution < -0.4 is 19.5 Å². The van der Waals surface area contributed by atoms with Gasteiger partial charge in [-0.2, -0.15) is 0 Å². The lowest BCUT2D eigenvalue weighted by molar-refractivity contribution is -0.140. The number of carbonyl (C=O) groups excluding carboxylic acids is 2. The molecule has 0 saturated heterocycles. The second-order valence-electron chi connectivity index (χ2n) is 7.90. The molecule has 0 aliphatic heterocycles. The maximum absolute atomic E-state index is 13.2. The normalized spacial score (nSPS) is 11.6. The van der Waals surface area contributed by atoms with Gasteiger partial charge in [0, 0.05) is 19.0 Å². The van der Waals surface area contributed by atoms with Crippen molar-refractivity contribution in [3.8, 4) is 17.2 Å². The quantitative estimate of drug-likeness (QED) is 0.576. The number of methoxy groups -OCH3 is 3. The summed E-state index contributed by atoms with van der Waals surface area (Å²) in [6, 6.07) is 12.5. The van der Waals surface area contributed by atoms with E-state index in [1.165, 1.54) is 0 Å². The van der Waals surface area contributed by atoms with Crippen molar-refractivity contribution in [1.29, 1.82) is 0 Å². The SMILES string of the molecule is COc1cccc(CN(C(=O)CCc2ccc(OC)c(OC)c2)C(C)C(=O)NC(C)C)c1. The van der Waals surface area contributed by atoms with Gasteiger partial charge in [-0.25, -0.2) is 0 Å². The van der Waals surface area contributed by atoms with Crippen molar-refractivity contribution in [3.63, 3.8) is 0 Å². The third kappa shape index (κ3) is 6.90. The highest BCUT2D eigenvalue weighted by molar-refractivity contribution is 5.87. The number of nitrogens with one attached hydrogen (secondary N) is 1. The van der Waals surface area contributed by atoms with E-state index in [9.17, 15) is 9.59 Å². The first-order valence-electron chi connectivity index (χ1n) is 10.7. The summed E-state index contributed by atoms with van der Waals surface area (Å²) in [4.78, 5) is 27.5. The summed E-state index contributed by atoms with van der Waals surface area (Å²) in [5.41, 5.74) is 1.85. The Bertz CT molecular complexity index is 913.